The van der Waals surface area contributed by atoms with Crippen LogP contribution < -0.4 is 0 Å². The van der Waals surface area contributed by atoms with Gasteiger partial charge in [-0.1, -0.05) is 24.2 Å². The number of hydrogen-bond donors (Lipinski definition) is 0. The van der Waals surface area contributed by atoms with Crippen molar-refractivity contribution >= 4 is 22.2 Å². The van der Waals surface area contributed by atoms with Crippen molar-refractivity contribution in [1.29, 1.82) is 0 Å². The lowest BCUT2D eigenvalue weighted by Gasteiger charge is -2.19. The molecule has 1 amide bonds. The molecule has 1 aliphatic heterocycles. The van der Waals surface area contributed by atoms with Crippen LogP contribution in [0.25, 0.3) is 4.96 Å². The molecule has 0 unspecified atom stereocenters. The molecule has 3 heterocycles. The third-order valence-corrected chi connectivity index (χ3v) is 4.09. The van der Waals surface area contributed by atoms with E-state index in [-0.39, 0.29) is 5.91 Å². The maximum atomic E-state index is 12.6. The van der Waals surface area contributed by atoms with Gasteiger partial charge >= 0.3 is 0 Å². The largest absolute Gasteiger partial charge is 0.337 e. The molecule has 0 radical (unpaired) electrons. The van der Waals surface area contributed by atoms with Crippen molar-refractivity contribution in [3.05, 3.63) is 16.9 Å². The second-order valence-corrected chi connectivity index (χ2v) is 5.50. The first-order valence-corrected chi connectivity index (χ1v) is 7.23. The summed E-state index contributed by atoms with van der Waals surface area (Å²) >= 11 is 1.46. The highest BCUT2D eigenvalue weighted by Gasteiger charge is 2.24. The summed E-state index contributed by atoms with van der Waals surface area (Å²) in [5.74, 6) is 0.0767. The lowest BCUT2D eigenvalue weighted by molar-refractivity contribution is 0.0752. The highest BCUT2D eigenvalue weighted by Crippen LogP contribution is 2.18. The van der Waals surface area contributed by atoms with Crippen molar-refractivity contribution in [2.45, 2.75) is 32.6 Å². The van der Waals surface area contributed by atoms with E-state index in [1.165, 1.54) is 24.2 Å². The Bertz CT molecular complexity index is 566. The zero-order chi connectivity index (χ0) is 12.5. The molecule has 1 aliphatic rings. The van der Waals surface area contributed by atoms with Gasteiger partial charge in [0.2, 0.25) is 4.96 Å². The maximum Gasteiger partial charge on any atom is 0.274 e. The van der Waals surface area contributed by atoms with Gasteiger partial charge in [-0.15, -0.1) is 0 Å². The maximum absolute atomic E-state index is 12.6. The first-order chi connectivity index (χ1) is 8.77. The van der Waals surface area contributed by atoms with Crippen LogP contribution in [0.3, 0.4) is 0 Å². The molecule has 0 atom stereocenters. The third kappa shape index (κ3) is 1.90. The van der Waals surface area contributed by atoms with Gasteiger partial charge < -0.3 is 4.90 Å². The summed E-state index contributed by atoms with van der Waals surface area (Å²) in [5, 5.41) is 4.20. The number of hydrogen-bond acceptors (Lipinski definition) is 4. The zero-order valence-electron chi connectivity index (χ0n) is 10.4. The predicted octanol–water partition coefficient (Wildman–Crippen LogP) is 2.12. The van der Waals surface area contributed by atoms with E-state index >= 15 is 0 Å². The number of carbonyl (C=O) groups excluding carboxylic acids is 1. The highest BCUT2D eigenvalue weighted by molar-refractivity contribution is 7.14. The van der Waals surface area contributed by atoms with E-state index in [1.54, 1.807) is 10.0 Å². The smallest absolute Gasteiger partial charge is 0.274 e. The lowest BCUT2D eigenvalue weighted by atomic mass is 10.2. The Morgan fingerprint density at radius 3 is 2.72 bits per heavy atom. The van der Waals surface area contributed by atoms with Crippen LogP contribution in [0.5, 0.6) is 0 Å². The van der Waals surface area contributed by atoms with E-state index in [9.17, 15) is 4.79 Å². The summed E-state index contributed by atoms with van der Waals surface area (Å²) in [5.41, 5.74) is 3.14. The molecule has 0 N–H and O–H groups in total. The standard InChI is InChI=1S/C12H16N4OS/c1-9-10(16-12(14-9)18-8-13-16)11(17)15-6-4-2-3-5-7-15/h8H,2-7H2,1H3. The SMILES string of the molecule is Cc1nc2scnn2c1C(=O)N1CCCCCC1. The molecule has 0 spiro atoms. The zero-order valence-corrected chi connectivity index (χ0v) is 11.2. The number of carbonyl (C=O) groups is 1. The molecule has 6 heteroatoms. The Balaban J connectivity index is 1.95. The average Bonchev–Trinajstić information content (AvgIpc) is 2.78. The van der Waals surface area contributed by atoms with E-state index in [0.29, 0.717) is 5.69 Å². The Labute approximate surface area is 109 Å². The minimum atomic E-state index is 0.0767. The minimum absolute atomic E-state index is 0.0767. The number of likely N-dealkylation sites (tertiary alicyclic amines) is 1. The number of amides is 1. The van der Waals surface area contributed by atoms with Crippen LogP contribution in [0.2, 0.25) is 0 Å². The Morgan fingerprint density at radius 2 is 2.00 bits per heavy atom. The van der Waals surface area contributed by atoms with Crippen LogP contribution in [0, 0.1) is 6.92 Å². The normalized spacial score (nSPS) is 17.1. The molecule has 1 fully saturated rings. The molecule has 18 heavy (non-hydrogen) atoms. The fraction of sp³-hybridized carbons (Fsp3) is 0.583. The summed E-state index contributed by atoms with van der Waals surface area (Å²) in [6, 6.07) is 0. The fourth-order valence-corrected chi connectivity index (χ4v) is 3.13. The van der Waals surface area contributed by atoms with E-state index in [1.807, 2.05) is 11.8 Å². The van der Waals surface area contributed by atoms with Crippen LogP contribution in [0.1, 0.15) is 41.9 Å². The van der Waals surface area contributed by atoms with Crippen molar-refractivity contribution in [3.63, 3.8) is 0 Å². The number of rotatable bonds is 1. The van der Waals surface area contributed by atoms with Crippen molar-refractivity contribution in [2.24, 2.45) is 0 Å². The summed E-state index contributed by atoms with van der Waals surface area (Å²) in [6.45, 7) is 3.59. The van der Waals surface area contributed by atoms with Gasteiger partial charge in [0.05, 0.1) is 5.69 Å². The summed E-state index contributed by atoms with van der Waals surface area (Å²) in [4.78, 5) is 19.7. The van der Waals surface area contributed by atoms with Gasteiger partial charge in [-0.3, -0.25) is 4.79 Å². The Hall–Kier alpha value is -1.43. The van der Waals surface area contributed by atoms with Gasteiger partial charge in [0.15, 0.2) is 5.69 Å². The van der Waals surface area contributed by atoms with Gasteiger partial charge in [0, 0.05) is 13.1 Å². The monoisotopic (exact) mass is 264 g/mol. The Kier molecular flexibility index (Phi) is 3.03. The van der Waals surface area contributed by atoms with Crippen LogP contribution in [0.4, 0.5) is 0 Å². The summed E-state index contributed by atoms with van der Waals surface area (Å²) in [7, 11) is 0. The van der Waals surface area contributed by atoms with Crippen molar-refractivity contribution in [2.75, 3.05) is 13.1 Å². The van der Waals surface area contributed by atoms with Crippen LogP contribution >= 0.6 is 11.3 Å². The number of aromatic nitrogens is 3. The summed E-state index contributed by atoms with van der Waals surface area (Å²) < 4.78 is 1.67. The number of aryl methyl sites for hydroxylation is 1. The molecule has 2 aromatic heterocycles. The van der Waals surface area contributed by atoms with Crippen LogP contribution in [-0.2, 0) is 0 Å². The van der Waals surface area contributed by atoms with Gasteiger partial charge in [-0.25, -0.2) is 4.98 Å². The third-order valence-electron chi connectivity index (χ3n) is 3.42. The second-order valence-electron chi connectivity index (χ2n) is 4.69. The topological polar surface area (TPSA) is 50.5 Å². The molecular weight excluding hydrogens is 248 g/mol. The van der Waals surface area contributed by atoms with Gasteiger partial charge in [-0.2, -0.15) is 9.61 Å². The van der Waals surface area contributed by atoms with Crippen molar-refractivity contribution < 1.29 is 4.79 Å². The fourth-order valence-electron chi connectivity index (χ4n) is 2.46. The first kappa shape index (κ1) is 11.6. The molecule has 5 nitrogen and oxygen atoms in total. The van der Waals surface area contributed by atoms with Crippen molar-refractivity contribution in [3.8, 4) is 0 Å². The quantitative estimate of drug-likeness (QED) is 0.792. The van der Waals surface area contributed by atoms with E-state index in [4.69, 9.17) is 0 Å². The molecule has 0 aromatic carbocycles. The minimum Gasteiger partial charge on any atom is -0.337 e. The Morgan fingerprint density at radius 1 is 1.28 bits per heavy atom. The average molecular weight is 264 g/mol. The van der Waals surface area contributed by atoms with Crippen LogP contribution in [-0.4, -0.2) is 38.5 Å². The molecule has 3 rings (SSSR count). The van der Waals surface area contributed by atoms with E-state index in [2.05, 4.69) is 10.1 Å². The molecule has 1 saturated heterocycles. The summed E-state index contributed by atoms with van der Waals surface area (Å²) in [6.07, 6.45) is 4.65. The first-order valence-electron chi connectivity index (χ1n) is 6.35. The van der Waals surface area contributed by atoms with Crippen LogP contribution in [0.15, 0.2) is 5.51 Å². The number of nitrogens with zero attached hydrogens (tertiary/aromatic N) is 4. The highest BCUT2D eigenvalue weighted by atomic mass is 32.1. The van der Waals surface area contributed by atoms with E-state index < -0.39 is 0 Å². The predicted molar refractivity (Wildman–Crippen MR) is 70.0 cm³/mol. The van der Waals surface area contributed by atoms with Gasteiger partial charge in [-0.05, 0) is 19.8 Å². The van der Waals surface area contributed by atoms with E-state index in [0.717, 1.165) is 36.6 Å². The lowest BCUT2D eigenvalue weighted by Crippen LogP contribution is -2.33. The molecule has 0 bridgehead atoms. The van der Waals surface area contributed by atoms with Crippen molar-refractivity contribution in [1.82, 2.24) is 19.5 Å². The van der Waals surface area contributed by atoms with Gasteiger partial charge in [0.1, 0.15) is 5.51 Å². The molecule has 2 aromatic rings. The molecule has 96 valence electrons. The number of fused-ring (bicyclic) bond motifs is 1. The molecule has 0 aliphatic carbocycles. The molecule has 0 saturated carbocycles. The number of imidazole rings is 1. The second kappa shape index (κ2) is 4.68. The molecular formula is C12H16N4OS. The van der Waals surface area contributed by atoms with Gasteiger partial charge in [0.25, 0.3) is 5.91 Å².